The molecule has 1 aromatic carbocycles. The van der Waals surface area contributed by atoms with Gasteiger partial charge in [0.05, 0.1) is 6.61 Å². The molecule has 0 bridgehead atoms. The van der Waals surface area contributed by atoms with Gasteiger partial charge in [-0.3, -0.25) is 20.1 Å². The predicted molar refractivity (Wildman–Crippen MR) is 108 cm³/mol. The number of carbonyl (C=O) groups excluding carboxylic acids is 1. The van der Waals surface area contributed by atoms with Crippen molar-refractivity contribution in [2.24, 2.45) is 0 Å². The van der Waals surface area contributed by atoms with Crippen molar-refractivity contribution < 1.29 is 9.53 Å². The van der Waals surface area contributed by atoms with Crippen LogP contribution in [0.25, 0.3) is 0 Å². The first-order valence-corrected chi connectivity index (χ1v) is 9.28. The standard InChI is InChI=1S/C22H24N4O2/c1-2-28-20-6-4-3-5-19(20)21(25-15-17-7-11-23-12-8-17)22(27)26-16-18-9-13-24-14-10-18/h3-14,21,25H,2,15-16H2,1H3,(H,26,27). The van der Waals surface area contributed by atoms with E-state index >= 15 is 0 Å². The third-order valence-corrected chi connectivity index (χ3v) is 4.27. The molecule has 0 saturated heterocycles. The number of nitrogens with one attached hydrogen (secondary N) is 2. The Balaban J connectivity index is 1.78. The van der Waals surface area contributed by atoms with Crippen molar-refractivity contribution in [2.45, 2.75) is 26.1 Å². The van der Waals surface area contributed by atoms with Crippen molar-refractivity contribution >= 4 is 5.91 Å². The van der Waals surface area contributed by atoms with Crippen molar-refractivity contribution in [3.63, 3.8) is 0 Å². The van der Waals surface area contributed by atoms with Gasteiger partial charge in [-0.1, -0.05) is 18.2 Å². The van der Waals surface area contributed by atoms with Gasteiger partial charge in [0.2, 0.25) is 5.91 Å². The van der Waals surface area contributed by atoms with E-state index in [1.54, 1.807) is 24.8 Å². The van der Waals surface area contributed by atoms with Gasteiger partial charge < -0.3 is 10.1 Å². The number of aromatic nitrogens is 2. The van der Waals surface area contributed by atoms with Crippen molar-refractivity contribution in [1.29, 1.82) is 0 Å². The fraction of sp³-hybridized carbons (Fsp3) is 0.227. The lowest BCUT2D eigenvalue weighted by atomic mass is 10.0. The van der Waals surface area contributed by atoms with Gasteiger partial charge in [-0.15, -0.1) is 0 Å². The molecule has 2 heterocycles. The highest BCUT2D eigenvalue weighted by molar-refractivity contribution is 5.84. The maximum Gasteiger partial charge on any atom is 0.242 e. The summed E-state index contributed by atoms with van der Waals surface area (Å²) in [4.78, 5) is 21.1. The molecular weight excluding hydrogens is 352 g/mol. The number of hydrogen-bond acceptors (Lipinski definition) is 5. The SMILES string of the molecule is CCOc1ccccc1C(NCc1ccncc1)C(=O)NCc1ccncc1. The van der Waals surface area contributed by atoms with E-state index < -0.39 is 6.04 Å². The average Bonchev–Trinajstić information content (AvgIpc) is 2.75. The number of benzene rings is 1. The van der Waals surface area contributed by atoms with Crippen LogP contribution in [0.1, 0.15) is 29.7 Å². The average molecular weight is 376 g/mol. The first-order chi connectivity index (χ1) is 13.8. The summed E-state index contributed by atoms with van der Waals surface area (Å²) in [6.07, 6.45) is 6.91. The van der Waals surface area contributed by atoms with Crippen LogP contribution in [0.5, 0.6) is 5.75 Å². The summed E-state index contributed by atoms with van der Waals surface area (Å²) in [7, 11) is 0. The molecule has 1 atom stereocenters. The van der Waals surface area contributed by atoms with Crippen LogP contribution < -0.4 is 15.4 Å². The van der Waals surface area contributed by atoms with Crippen LogP contribution in [0.15, 0.2) is 73.3 Å². The number of ether oxygens (including phenoxy) is 1. The molecule has 2 aromatic heterocycles. The quantitative estimate of drug-likeness (QED) is 0.600. The normalized spacial score (nSPS) is 11.6. The molecule has 2 N–H and O–H groups in total. The van der Waals surface area contributed by atoms with Gasteiger partial charge in [-0.05, 0) is 48.4 Å². The maximum atomic E-state index is 13.0. The summed E-state index contributed by atoms with van der Waals surface area (Å²) >= 11 is 0. The molecule has 1 amide bonds. The number of carbonyl (C=O) groups is 1. The summed E-state index contributed by atoms with van der Waals surface area (Å²) < 4.78 is 5.74. The number of pyridine rings is 2. The molecule has 3 aromatic rings. The molecule has 0 fully saturated rings. The van der Waals surface area contributed by atoms with Crippen molar-refractivity contribution in [1.82, 2.24) is 20.6 Å². The third kappa shape index (κ3) is 5.37. The first kappa shape index (κ1) is 19.5. The van der Waals surface area contributed by atoms with Crippen LogP contribution in [0.4, 0.5) is 0 Å². The number of hydrogen-bond donors (Lipinski definition) is 2. The van der Waals surface area contributed by atoms with E-state index in [-0.39, 0.29) is 5.91 Å². The molecule has 1 unspecified atom stereocenters. The maximum absolute atomic E-state index is 13.0. The lowest BCUT2D eigenvalue weighted by Gasteiger charge is -2.21. The summed E-state index contributed by atoms with van der Waals surface area (Å²) in [5.74, 6) is 0.592. The summed E-state index contributed by atoms with van der Waals surface area (Å²) in [5.41, 5.74) is 2.86. The van der Waals surface area contributed by atoms with Crippen molar-refractivity contribution in [2.75, 3.05) is 6.61 Å². The Morgan fingerprint density at radius 2 is 1.54 bits per heavy atom. The zero-order valence-electron chi connectivity index (χ0n) is 15.8. The Morgan fingerprint density at radius 3 is 2.18 bits per heavy atom. The molecule has 3 rings (SSSR count). The molecule has 0 aliphatic rings. The minimum atomic E-state index is -0.544. The summed E-state index contributed by atoms with van der Waals surface area (Å²) in [6, 6.07) is 14.7. The largest absolute Gasteiger partial charge is 0.494 e. The van der Waals surface area contributed by atoms with Gasteiger partial charge in [0.25, 0.3) is 0 Å². The lowest BCUT2D eigenvalue weighted by molar-refractivity contribution is -0.123. The molecule has 28 heavy (non-hydrogen) atoms. The third-order valence-electron chi connectivity index (χ3n) is 4.27. The van der Waals surface area contributed by atoms with Crippen molar-refractivity contribution in [3.05, 3.63) is 90.0 Å². The van der Waals surface area contributed by atoms with Crippen LogP contribution in [-0.4, -0.2) is 22.5 Å². The van der Waals surface area contributed by atoms with Gasteiger partial charge in [0.1, 0.15) is 11.8 Å². The minimum Gasteiger partial charge on any atom is -0.494 e. The Hall–Kier alpha value is -3.25. The van der Waals surface area contributed by atoms with Gasteiger partial charge in [0.15, 0.2) is 0 Å². The van der Waals surface area contributed by atoms with Crippen LogP contribution in [0.3, 0.4) is 0 Å². The number of rotatable bonds is 9. The van der Waals surface area contributed by atoms with E-state index in [9.17, 15) is 4.79 Å². The van der Waals surface area contributed by atoms with E-state index in [1.807, 2.05) is 55.5 Å². The van der Waals surface area contributed by atoms with E-state index in [2.05, 4.69) is 20.6 Å². The highest BCUT2D eigenvalue weighted by Gasteiger charge is 2.23. The van der Waals surface area contributed by atoms with Crippen LogP contribution in [0.2, 0.25) is 0 Å². The number of para-hydroxylation sites is 1. The first-order valence-electron chi connectivity index (χ1n) is 9.28. The van der Waals surface area contributed by atoms with Crippen molar-refractivity contribution in [3.8, 4) is 5.75 Å². The molecule has 6 heteroatoms. The Kier molecular flexibility index (Phi) is 7.09. The number of amides is 1. The molecule has 0 spiro atoms. The second kappa shape index (κ2) is 10.2. The Labute approximate surface area is 165 Å². The zero-order valence-corrected chi connectivity index (χ0v) is 15.8. The fourth-order valence-corrected chi connectivity index (χ4v) is 2.86. The highest BCUT2D eigenvalue weighted by Crippen LogP contribution is 2.26. The van der Waals surface area contributed by atoms with Crippen LogP contribution in [0, 0.1) is 0 Å². The van der Waals surface area contributed by atoms with E-state index in [0.717, 1.165) is 16.7 Å². The Morgan fingerprint density at radius 1 is 0.929 bits per heavy atom. The molecule has 0 radical (unpaired) electrons. The fourth-order valence-electron chi connectivity index (χ4n) is 2.86. The van der Waals surface area contributed by atoms with E-state index in [4.69, 9.17) is 4.74 Å². The molecule has 144 valence electrons. The van der Waals surface area contributed by atoms with Crippen LogP contribution >= 0.6 is 0 Å². The predicted octanol–water partition coefficient (Wildman–Crippen LogP) is 3.02. The Bertz CT molecular complexity index is 872. The molecule has 0 aliphatic carbocycles. The zero-order chi connectivity index (χ0) is 19.6. The monoisotopic (exact) mass is 376 g/mol. The van der Waals surface area contributed by atoms with E-state index in [0.29, 0.717) is 25.4 Å². The number of nitrogens with zero attached hydrogens (tertiary/aromatic N) is 2. The molecular formula is C22H24N4O2. The van der Waals surface area contributed by atoms with Gasteiger partial charge in [-0.2, -0.15) is 0 Å². The van der Waals surface area contributed by atoms with Crippen LogP contribution in [-0.2, 0) is 17.9 Å². The second-order valence-corrected chi connectivity index (χ2v) is 6.21. The highest BCUT2D eigenvalue weighted by atomic mass is 16.5. The van der Waals surface area contributed by atoms with Gasteiger partial charge in [0, 0.05) is 43.4 Å². The molecule has 0 aliphatic heterocycles. The molecule has 0 saturated carbocycles. The minimum absolute atomic E-state index is 0.113. The van der Waals surface area contributed by atoms with Gasteiger partial charge in [-0.25, -0.2) is 0 Å². The smallest absolute Gasteiger partial charge is 0.242 e. The summed E-state index contributed by atoms with van der Waals surface area (Å²) in [5, 5.41) is 6.36. The molecule has 6 nitrogen and oxygen atoms in total. The lowest BCUT2D eigenvalue weighted by Crippen LogP contribution is -2.37. The van der Waals surface area contributed by atoms with E-state index in [1.165, 1.54) is 0 Å². The second-order valence-electron chi connectivity index (χ2n) is 6.21. The summed E-state index contributed by atoms with van der Waals surface area (Å²) in [6.45, 7) is 3.44. The van der Waals surface area contributed by atoms with Gasteiger partial charge >= 0.3 is 0 Å². The topological polar surface area (TPSA) is 76.1 Å².